The number of ether oxygens (including phenoxy) is 1. The zero-order valence-electron chi connectivity index (χ0n) is 11.3. The van der Waals surface area contributed by atoms with Crippen LogP contribution in [0.15, 0.2) is 18.3 Å². The summed E-state index contributed by atoms with van der Waals surface area (Å²) in [5, 5.41) is 7.48. The minimum absolute atomic E-state index is 0.496. The van der Waals surface area contributed by atoms with E-state index in [4.69, 9.17) is 16.3 Å². The van der Waals surface area contributed by atoms with E-state index in [2.05, 4.69) is 10.4 Å². The van der Waals surface area contributed by atoms with E-state index in [-0.39, 0.29) is 0 Å². The van der Waals surface area contributed by atoms with Crippen LogP contribution in [-0.2, 0) is 4.74 Å². The molecule has 0 unspecified atom stereocenters. The molecule has 0 aliphatic heterocycles. The number of anilines is 1. The van der Waals surface area contributed by atoms with Crippen LogP contribution in [0.1, 0.15) is 26.5 Å². The molecule has 102 valence electrons. The highest BCUT2D eigenvalue weighted by molar-refractivity contribution is 6.34. The van der Waals surface area contributed by atoms with Gasteiger partial charge in [-0.3, -0.25) is 5.32 Å². The number of rotatable bonds is 1. The van der Waals surface area contributed by atoms with E-state index in [0.717, 1.165) is 11.2 Å². The average molecular weight is 282 g/mol. The summed E-state index contributed by atoms with van der Waals surface area (Å²) in [7, 11) is 0. The van der Waals surface area contributed by atoms with Gasteiger partial charge in [-0.15, -0.1) is 0 Å². The molecule has 0 spiro atoms. The third-order valence-electron chi connectivity index (χ3n) is 2.38. The number of aryl methyl sites for hydroxylation is 1. The van der Waals surface area contributed by atoms with Gasteiger partial charge in [0.25, 0.3) is 0 Å². The number of nitrogens with zero attached hydrogens (tertiary/aromatic N) is 2. The van der Waals surface area contributed by atoms with Gasteiger partial charge >= 0.3 is 6.09 Å². The summed E-state index contributed by atoms with van der Waals surface area (Å²) in [5.41, 5.74) is 1.58. The van der Waals surface area contributed by atoms with Crippen LogP contribution < -0.4 is 5.32 Å². The van der Waals surface area contributed by atoms with Crippen LogP contribution in [0.4, 0.5) is 10.5 Å². The molecule has 0 bridgehead atoms. The number of aromatic nitrogens is 2. The molecule has 2 aromatic rings. The number of hydrogen-bond donors (Lipinski definition) is 1. The van der Waals surface area contributed by atoms with E-state index in [1.54, 1.807) is 22.8 Å². The largest absolute Gasteiger partial charge is 0.444 e. The number of fused-ring (bicyclic) bond motifs is 1. The van der Waals surface area contributed by atoms with Crippen molar-refractivity contribution in [1.29, 1.82) is 0 Å². The molecule has 0 fully saturated rings. The lowest BCUT2D eigenvalue weighted by Crippen LogP contribution is -2.27. The van der Waals surface area contributed by atoms with Crippen molar-refractivity contribution < 1.29 is 9.53 Å². The van der Waals surface area contributed by atoms with Gasteiger partial charge in [-0.1, -0.05) is 11.6 Å². The molecule has 5 nitrogen and oxygen atoms in total. The van der Waals surface area contributed by atoms with E-state index in [0.29, 0.717) is 10.7 Å². The SMILES string of the molecule is Cc1nn2ccc(NC(=O)OC(C)(C)C)cc2c1Cl. The van der Waals surface area contributed by atoms with Crippen LogP contribution in [0, 0.1) is 6.92 Å². The maximum absolute atomic E-state index is 11.7. The molecule has 2 heterocycles. The van der Waals surface area contributed by atoms with Crippen molar-refractivity contribution in [3.05, 3.63) is 29.0 Å². The molecule has 2 aromatic heterocycles. The first-order valence-corrected chi connectivity index (χ1v) is 6.28. The van der Waals surface area contributed by atoms with E-state index in [1.807, 2.05) is 27.7 Å². The molecule has 0 aromatic carbocycles. The van der Waals surface area contributed by atoms with E-state index in [1.165, 1.54) is 0 Å². The van der Waals surface area contributed by atoms with E-state index < -0.39 is 11.7 Å². The maximum atomic E-state index is 11.7. The fraction of sp³-hybridized carbons (Fsp3) is 0.385. The predicted octanol–water partition coefficient (Wildman–Crippen LogP) is 3.64. The van der Waals surface area contributed by atoms with Crippen molar-refractivity contribution in [2.45, 2.75) is 33.3 Å². The zero-order chi connectivity index (χ0) is 14.2. The van der Waals surface area contributed by atoms with Gasteiger partial charge in [0.05, 0.1) is 16.2 Å². The number of pyridine rings is 1. The molecule has 1 amide bonds. The second kappa shape index (κ2) is 4.74. The molecule has 6 heteroatoms. The molecule has 0 aliphatic carbocycles. The van der Waals surface area contributed by atoms with Crippen LogP contribution >= 0.6 is 11.6 Å². The van der Waals surface area contributed by atoms with Gasteiger partial charge < -0.3 is 4.74 Å². The summed E-state index contributed by atoms with van der Waals surface area (Å²) in [4.78, 5) is 11.7. The van der Waals surface area contributed by atoms with Crippen molar-refractivity contribution in [1.82, 2.24) is 9.61 Å². The summed E-state index contributed by atoms with van der Waals surface area (Å²) < 4.78 is 6.85. The number of hydrogen-bond acceptors (Lipinski definition) is 3. The first-order valence-electron chi connectivity index (χ1n) is 5.91. The second-order valence-electron chi connectivity index (χ2n) is 5.27. The number of halogens is 1. The Kier molecular flexibility index (Phi) is 3.41. The Morgan fingerprint density at radius 3 is 2.79 bits per heavy atom. The second-order valence-corrected chi connectivity index (χ2v) is 5.65. The van der Waals surface area contributed by atoms with Gasteiger partial charge in [-0.25, -0.2) is 9.31 Å². The highest BCUT2D eigenvalue weighted by Gasteiger charge is 2.16. The van der Waals surface area contributed by atoms with Crippen LogP contribution in [0.5, 0.6) is 0 Å². The maximum Gasteiger partial charge on any atom is 0.412 e. The van der Waals surface area contributed by atoms with Gasteiger partial charge in [0.1, 0.15) is 5.60 Å². The van der Waals surface area contributed by atoms with Gasteiger partial charge in [0, 0.05) is 11.9 Å². The van der Waals surface area contributed by atoms with Crippen LogP contribution in [0.2, 0.25) is 5.02 Å². The highest BCUT2D eigenvalue weighted by atomic mass is 35.5. The molecule has 0 saturated heterocycles. The Morgan fingerprint density at radius 1 is 1.47 bits per heavy atom. The number of carbonyl (C=O) groups is 1. The molecule has 1 N–H and O–H groups in total. The summed E-state index contributed by atoms with van der Waals surface area (Å²) in [6.45, 7) is 7.27. The number of amides is 1. The number of carbonyl (C=O) groups excluding carboxylic acids is 1. The molecule has 0 saturated carbocycles. The lowest BCUT2D eigenvalue weighted by molar-refractivity contribution is 0.0636. The molecule has 0 aliphatic rings. The minimum Gasteiger partial charge on any atom is -0.444 e. The molecule has 2 rings (SSSR count). The Balaban J connectivity index is 2.22. The Morgan fingerprint density at radius 2 is 2.16 bits per heavy atom. The van der Waals surface area contributed by atoms with Crippen molar-refractivity contribution in [3.63, 3.8) is 0 Å². The Bertz CT molecular complexity index is 629. The van der Waals surface area contributed by atoms with Gasteiger partial charge in [0.15, 0.2) is 0 Å². The quantitative estimate of drug-likeness (QED) is 0.868. The van der Waals surface area contributed by atoms with Crippen molar-refractivity contribution >= 4 is 28.9 Å². The summed E-state index contributed by atoms with van der Waals surface area (Å²) in [6, 6.07) is 3.49. The first-order chi connectivity index (χ1) is 8.76. The summed E-state index contributed by atoms with van der Waals surface area (Å²) in [6.07, 6.45) is 1.24. The van der Waals surface area contributed by atoms with Crippen LogP contribution in [-0.4, -0.2) is 21.3 Å². The zero-order valence-corrected chi connectivity index (χ0v) is 12.1. The topological polar surface area (TPSA) is 55.6 Å². The number of nitrogens with one attached hydrogen (secondary N) is 1. The van der Waals surface area contributed by atoms with Gasteiger partial charge in [0.2, 0.25) is 0 Å². The summed E-state index contributed by atoms with van der Waals surface area (Å²) >= 11 is 6.13. The molecule has 19 heavy (non-hydrogen) atoms. The van der Waals surface area contributed by atoms with Crippen molar-refractivity contribution in [3.8, 4) is 0 Å². The van der Waals surface area contributed by atoms with Gasteiger partial charge in [-0.05, 0) is 39.8 Å². The van der Waals surface area contributed by atoms with E-state index >= 15 is 0 Å². The van der Waals surface area contributed by atoms with Crippen molar-refractivity contribution in [2.75, 3.05) is 5.32 Å². The first kappa shape index (κ1) is 13.7. The van der Waals surface area contributed by atoms with Gasteiger partial charge in [-0.2, -0.15) is 5.10 Å². The predicted molar refractivity (Wildman–Crippen MR) is 74.8 cm³/mol. The Labute approximate surface area is 116 Å². The standard InChI is InChI=1S/C13H16ClN3O2/c1-8-11(14)10-7-9(5-6-17(10)16-8)15-12(18)19-13(2,3)4/h5-7H,1-4H3,(H,15,18). The molecular formula is C13H16ClN3O2. The molecule has 0 atom stereocenters. The molecule has 0 radical (unpaired) electrons. The monoisotopic (exact) mass is 281 g/mol. The van der Waals surface area contributed by atoms with Crippen LogP contribution in [0.25, 0.3) is 5.52 Å². The average Bonchev–Trinajstić information content (AvgIpc) is 2.53. The highest BCUT2D eigenvalue weighted by Crippen LogP contribution is 2.23. The normalized spacial score (nSPS) is 11.6. The fourth-order valence-electron chi connectivity index (χ4n) is 1.63. The fourth-order valence-corrected chi connectivity index (χ4v) is 1.81. The van der Waals surface area contributed by atoms with Crippen LogP contribution in [0.3, 0.4) is 0 Å². The summed E-state index contributed by atoms with van der Waals surface area (Å²) in [5.74, 6) is 0. The third kappa shape index (κ3) is 3.17. The van der Waals surface area contributed by atoms with Crippen molar-refractivity contribution in [2.24, 2.45) is 0 Å². The third-order valence-corrected chi connectivity index (χ3v) is 2.85. The smallest absolute Gasteiger partial charge is 0.412 e. The minimum atomic E-state index is -0.529. The van der Waals surface area contributed by atoms with E-state index in [9.17, 15) is 4.79 Å². The lowest BCUT2D eigenvalue weighted by atomic mass is 10.2. The Hall–Kier alpha value is -1.75. The lowest BCUT2D eigenvalue weighted by Gasteiger charge is -2.19. The molecular weight excluding hydrogens is 266 g/mol.